The second-order valence-electron chi connectivity index (χ2n) is 6.55. The number of esters is 1. The van der Waals surface area contributed by atoms with Gasteiger partial charge in [-0.05, 0) is 36.4 Å². The van der Waals surface area contributed by atoms with Crippen LogP contribution in [0.25, 0.3) is 0 Å². The zero-order chi connectivity index (χ0) is 21.8. The molecular formula is C22H19FN2O5. The predicted molar refractivity (Wildman–Crippen MR) is 106 cm³/mol. The van der Waals surface area contributed by atoms with Crippen LogP contribution in [0.15, 0.2) is 61.2 Å². The van der Waals surface area contributed by atoms with E-state index < -0.39 is 35.5 Å². The summed E-state index contributed by atoms with van der Waals surface area (Å²) < 4.78 is 18.7. The van der Waals surface area contributed by atoms with E-state index in [2.05, 4.69) is 11.3 Å². The van der Waals surface area contributed by atoms with E-state index in [9.17, 15) is 23.6 Å². The van der Waals surface area contributed by atoms with Gasteiger partial charge in [0.1, 0.15) is 11.9 Å². The van der Waals surface area contributed by atoms with Gasteiger partial charge < -0.3 is 9.64 Å². The molecule has 0 N–H and O–H groups in total. The first-order chi connectivity index (χ1) is 14.4. The Morgan fingerprint density at radius 1 is 1.20 bits per heavy atom. The Hall–Kier alpha value is -3.81. The third-order valence-electron chi connectivity index (χ3n) is 4.74. The first-order valence-electron chi connectivity index (χ1n) is 9.10. The number of hydrogen-bond acceptors (Lipinski definition) is 5. The Morgan fingerprint density at radius 3 is 2.47 bits per heavy atom. The molecule has 1 atom stereocenters. The smallest absolute Gasteiger partial charge is 0.337 e. The van der Waals surface area contributed by atoms with Crippen LogP contribution in [-0.4, -0.2) is 48.3 Å². The molecule has 2 aromatic carbocycles. The lowest BCUT2D eigenvalue weighted by Gasteiger charge is -2.26. The third kappa shape index (κ3) is 3.84. The number of rotatable bonds is 6. The number of imide groups is 1. The zero-order valence-corrected chi connectivity index (χ0v) is 16.2. The minimum Gasteiger partial charge on any atom is -0.465 e. The highest BCUT2D eigenvalue weighted by molar-refractivity contribution is 6.23. The average Bonchev–Trinajstić information content (AvgIpc) is 3.05. The number of anilines is 1. The van der Waals surface area contributed by atoms with Crippen molar-refractivity contribution in [3.63, 3.8) is 0 Å². The maximum absolute atomic E-state index is 14.1. The maximum Gasteiger partial charge on any atom is 0.337 e. The van der Waals surface area contributed by atoms with E-state index in [1.165, 1.54) is 55.7 Å². The molecule has 7 nitrogen and oxygen atoms in total. The molecule has 0 aliphatic carbocycles. The number of hydrogen-bond donors (Lipinski definition) is 0. The fraction of sp³-hybridized carbons (Fsp3) is 0.182. The SMILES string of the molecule is C=CCN(C(=O)c1ccccc1F)C1CC(=O)N(c2ccc(C(=O)OC)cc2)C1=O. The fourth-order valence-electron chi connectivity index (χ4n) is 3.28. The van der Waals surface area contributed by atoms with Gasteiger partial charge in [-0.1, -0.05) is 18.2 Å². The summed E-state index contributed by atoms with van der Waals surface area (Å²) in [6.45, 7) is 3.55. The van der Waals surface area contributed by atoms with Gasteiger partial charge in [-0.25, -0.2) is 14.1 Å². The normalized spacial score (nSPS) is 15.8. The topological polar surface area (TPSA) is 84.0 Å². The summed E-state index contributed by atoms with van der Waals surface area (Å²) in [5, 5.41) is 0. The van der Waals surface area contributed by atoms with Gasteiger partial charge in [0.2, 0.25) is 5.91 Å². The molecule has 1 heterocycles. The molecule has 8 heteroatoms. The Kier molecular flexibility index (Phi) is 6.06. The van der Waals surface area contributed by atoms with Crippen molar-refractivity contribution in [3.05, 3.63) is 78.1 Å². The number of ether oxygens (including phenoxy) is 1. The van der Waals surface area contributed by atoms with Crippen molar-refractivity contribution in [2.24, 2.45) is 0 Å². The molecule has 0 saturated carbocycles. The molecule has 1 aliphatic rings. The largest absolute Gasteiger partial charge is 0.465 e. The molecule has 0 aromatic heterocycles. The highest BCUT2D eigenvalue weighted by atomic mass is 19.1. The monoisotopic (exact) mass is 410 g/mol. The highest BCUT2D eigenvalue weighted by Crippen LogP contribution is 2.27. The number of carbonyl (C=O) groups is 4. The molecule has 1 saturated heterocycles. The second kappa shape index (κ2) is 8.69. The van der Waals surface area contributed by atoms with Gasteiger partial charge >= 0.3 is 5.97 Å². The molecule has 2 aromatic rings. The highest BCUT2D eigenvalue weighted by Gasteiger charge is 2.44. The molecule has 3 rings (SSSR count). The number of methoxy groups -OCH3 is 1. The standard InChI is InChI=1S/C22H19FN2O5/c1-3-12-24(20(27)16-6-4-5-7-17(16)23)18-13-19(26)25(21(18)28)15-10-8-14(9-11-15)22(29)30-2/h3-11,18H,1,12-13H2,2H3. The molecule has 1 fully saturated rings. The zero-order valence-electron chi connectivity index (χ0n) is 16.2. The van der Waals surface area contributed by atoms with Crippen molar-refractivity contribution >= 4 is 29.4 Å². The molecule has 0 radical (unpaired) electrons. The van der Waals surface area contributed by atoms with Gasteiger partial charge in [-0.2, -0.15) is 0 Å². The summed E-state index contributed by atoms with van der Waals surface area (Å²) in [7, 11) is 1.25. The summed E-state index contributed by atoms with van der Waals surface area (Å²) >= 11 is 0. The summed E-state index contributed by atoms with van der Waals surface area (Å²) in [6, 6.07) is 10.1. The van der Waals surface area contributed by atoms with E-state index >= 15 is 0 Å². The Morgan fingerprint density at radius 2 is 1.87 bits per heavy atom. The van der Waals surface area contributed by atoms with Crippen molar-refractivity contribution in [2.45, 2.75) is 12.5 Å². The van der Waals surface area contributed by atoms with Gasteiger partial charge in [-0.15, -0.1) is 6.58 Å². The minimum atomic E-state index is -1.09. The van der Waals surface area contributed by atoms with Crippen molar-refractivity contribution in [1.82, 2.24) is 4.90 Å². The van der Waals surface area contributed by atoms with Gasteiger partial charge in [-0.3, -0.25) is 14.4 Å². The number of carbonyl (C=O) groups excluding carboxylic acids is 4. The molecule has 0 spiro atoms. The van der Waals surface area contributed by atoms with Crippen molar-refractivity contribution < 1.29 is 28.3 Å². The molecule has 1 unspecified atom stereocenters. The maximum atomic E-state index is 14.1. The average molecular weight is 410 g/mol. The molecule has 30 heavy (non-hydrogen) atoms. The quantitative estimate of drug-likeness (QED) is 0.415. The van der Waals surface area contributed by atoms with Crippen LogP contribution in [0.1, 0.15) is 27.1 Å². The minimum absolute atomic E-state index is 0.0357. The van der Waals surface area contributed by atoms with E-state index in [-0.39, 0.29) is 29.8 Å². The van der Waals surface area contributed by atoms with Crippen LogP contribution in [0.4, 0.5) is 10.1 Å². The summed E-state index contributed by atoms with van der Waals surface area (Å²) in [5.41, 5.74) is 0.331. The van der Waals surface area contributed by atoms with Gasteiger partial charge in [0.25, 0.3) is 11.8 Å². The molecule has 1 aliphatic heterocycles. The van der Waals surface area contributed by atoms with Crippen molar-refractivity contribution in [1.29, 1.82) is 0 Å². The van der Waals surface area contributed by atoms with Crippen LogP contribution in [0.2, 0.25) is 0 Å². The number of halogens is 1. The van der Waals surface area contributed by atoms with Crippen LogP contribution in [-0.2, 0) is 14.3 Å². The second-order valence-corrected chi connectivity index (χ2v) is 6.55. The first-order valence-corrected chi connectivity index (χ1v) is 9.10. The Balaban J connectivity index is 1.89. The van der Waals surface area contributed by atoms with E-state index in [0.717, 1.165) is 15.9 Å². The predicted octanol–water partition coefficient (Wildman–Crippen LogP) is 2.57. The number of amides is 3. The number of benzene rings is 2. The van der Waals surface area contributed by atoms with Crippen LogP contribution in [0.3, 0.4) is 0 Å². The lowest BCUT2D eigenvalue weighted by molar-refractivity contribution is -0.122. The first kappa shape index (κ1) is 20.9. The molecule has 3 amide bonds. The van der Waals surface area contributed by atoms with E-state index in [1.54, 1.807) is 0 Å². The van der Waals surface area contributed by atoms with Gasteiger partial charge in [0, 0.05) is 6.54 Å². The lowest BCUT2D eigenvalue weighted by Crippen LogP contribution is -2.45. The molecule has 154 valence electrons. The van der Waals surface area contributed by atoms with Crippen molar-refractivity contribution in [2.75, 3.05) is 18.6 Å². The van der Waals surface area contributed by atoms with Crippen LogP contribution >= 0.6 is 0 Å². The van der Waals surface area contributed by atoms with E-state index in [4.69, 9.17) is 0 Å². The van der Waals surface area contributed by atoms with Gasteiger partial charge in [0.15, 0.2) is 0 Å². The summed E-state index contributed by atoms with van der Waals surface area (Å²) in [4.78, 5) is 52.2. The summed E-state index contributed by atoms with van der Waals surface area (Å²) in [6.07, 6.45) is 1.16. The fourth-order valence-corrected chi connectivity index (χ4v) is 3.28. The Bertz CT molecular complexity index is 1020. The lowest BCUT2D eigenvalue weighted by atomic mass is 10.1. The third-order valence-corrected chi connectivity index (χ3v) is 4.74. The number of nitrogens with zero attached hydrogens (tertiary/aromatic N) is 2. The summed E-state index contributed by atoms with van der Waals surface area (Å²) in [5.74, 6) is -3.10. The Labute approximate surface area is 172 Å². The van der Waals surface area contributed by atoms with Crippen LogP contribution < -0.4 is 4.90 Å². The van der Waals surface area contributed by atoms with Crippen LogP contribution in [0.5, 0.6) is 0 Å². The van der Waals surface area contributed by atoms with E-state index in [0.29, 0.717) is 0 Å². The van der Waals surface area contributed by atoms with Crippen molar-refractivity contribution in [3.8, 4) is 0 Å². The van der Waals surface area contributed by atoms with E-state index in [1.807, 2.05) is 0 Å². The molecular weight excluding hydrogens is 391 g/mol. The van der Waals surface area contributed by atoms with Gasteiger partial charge in [0.05, 0.1) is 30.3 Å². The van der Waals surface area contributed by atoms with Crippen LogP contribution in [0, 0.1) is 5.82 Å². The molecule has 0 bridgehead atoms.